The number of fused-ring (bicyclic) bond motifs is 3. The molecule has 4 aromatic rings. The number of hydrogen-bond acceptors (Lipinski definition) is 8. The molecule has 1 aliphatic rings. The summed E-state index contributed by atoms with van der Waals surface area (Å²) in [4.78, 5) is 21.1. The SMILES string of the molecule is COc1cc(-c2nc3c(Cl)cc4c(c3c(=O)o2)OC(F)(F)O4)n(-c2ncccc2Cl)n1. The Balaban J connectivity index is 1.76. The summed E-state index contributed by atoms with van der Waals surface area (Å²) in [6.45, 7) is 0. The largest absolute Gasteiger partial charge is 0.586 e. The summed E-state index contributed by atoms with van der Waals surface area (Å²) in [5.74, 6) is -0.795. The van der Waals surface area contributed by atoms with E-state index in [4.69, 9.17) is 32.4 Å². The number of hydrogen-bond donors (Lipinski definition) is 0. The van der Waals surface area contributed by atoms with Crippen molar-refractivity contribution in [2.45, 2.75) is 6.29 Å². The second kappa shape index (κ2) is 6.79. The molecular weight excluding hydrogens is 461 g/mol. The molecule has 0 atom stereocenters. The number of rotatable bonds is 3. The second-order valence-corrected chi connectivity index (χ2v) is 6.99. The number of benzene rings is 1. The van der Waals surface area contributed by atoms with E-state index in [9.17, 15) is 13.6 Å². The van der Waals surface area contributed by atoms with Crippen LogP contribution in [0.3, 0.4) is 0 Å². The average molecular weight is 469 g/mol. The van der Waals surface area contributed by atoms with Gasteiger partial charge >= 0.3 is 11.9 Å². The Morgan fingerprint density at radius 1 is 1.19 bits per heavy atom. The molecule has 158 valence electrons. The summed E-state index contributed by atoms with van der Waals surface area (Å²) >= 11 is 12.4. The van der Waals surface area contributed by atoms with E-state index >= 15 is 0 Å². The van der Waals surface area contributed by atoms with Gasteiger partial charge < -0.3 is 18.6 Å². The van der Waals surface area contributed by atoms with Crippen LogP contribution in [0, 0.1) is 0 Å². The fourth-order valence-electron chi connectivity index (χ4n) is 3.02. The van der Waals surface area contributed by atoms with Gasteiger partial charge in [0.25, 0.3) is 0 Å². The van der Waals surface area contributed by atoms with Crippen LogP contribution in [0.2, 0.25) is 10.0 Å². The highest BCUT2D eigenvalue weighted by atomic mass is 35.5. The Bertz CT molecular complexity index is 1420. The lowest BCUT2D eigenvalue weighted by Gasteiger charge is -2.08. The van der Waals surface area contributed by atoms with Gasteiger partial charge in [0, 0.05) is 18.3 Å². The first-order valence-electron chi connectivity index (χ1n) is 8.46. The smallest absolute Gasteiger partial charge is 0.480 e. The first-order chi connectivity index (χ1) is 14.8. The third-order valence-electron chi connectivity index (χ3n) is 4.28. The molecule has 1 aromatic carbocycles. The van der Waals surface area contributed by atoms with E-state index in [0.717, 1.165) is 6.07 Å². The molecule has 0 spiro atoms. The third kappa shape index (κ3) is 3.13. The number of alkyl halides is 2. The quantitative estimate of drug-likeness (QED) is 0.443. The highest BCUT2D eigenvalue weighted by molar-refractivity contribution is 6.35. The molecule has 3 aromatic heterocycles. The Morgan fingerprint density at radius 2 is 2.00 bits per heavy atom. The highest BCUT2D eigenvalue weighted by Crippen LogP contribution is 2.47. The second-order valence-electron chi connectivity index (χ2n) is 6.18. The van der Waals surface area contributed by atoms with Crippen LogP contribution in [0.1, 0.15) is 0 Å². The summed E-state index contributed by atoms with van der Waals surface area (Å²) in [7, 11) is 1.39. The Kier molecular flexibility index (Phi) is 4.27. The molecule has 0 aliphatic carbocycles. The van der Waals surface area contributed by atoms with Crippen LogP contribution in [0.4, 0.5) is 8.78 Å². The van der Waals surface area contributed by atoms with E-state index in [1.165, 1.54) is 24.1 Å². The van der Waals surface area contributed by atoms with Crippen molar-refractivity contribution in [3.05, 3.63) is 50.9 Å². The van der Waals surface area contributed by atoms with E-state index in [1.54, 1.807) is 12.1 Å². The van der Waals surface area contributed by atoms with Gasteiger partial charge in [-0.15, -0.1) is 13.9 Å². The molecule has 0 N–H and O–H groups in total. The van der Waals surface area contributed by atoms with E-state index in [0.29, 0.717) is 0 Å². The molecular formula is C18H8Cl2F2N4O5. The summed E-state index contributed by atoms with van der Waals surface area (Å²) in [6.07, 6.45) is -2.46. The van der Waals surface area contributed by atoms with Crippen LogP contribution in [0.5, 0.6) is 17.4 Å². The van der Waals surface area contributed by atoms with Gasteiger partial charge in [0.2, 0.25) is 11.8 Å². The third-order valence-corrected chi connectivity index (χ3v) is 4.87. The topological polar surface area (TPSA) is 102 Å². The number of aromatic nitrogens is 4. The fourth-order valence-corrected chi connectivity index (χ4v) is 3.46. The molecule has 0 saturated heterocycles. The predicted molar refractivity (Wildman–Crippen MR) is 103 cm³/mol. The maximum Gasteiger partial charge on any atom is 0.586 e. The lowest BCUT2D eigenvalue weighted by Crippen LogP contribution is -2.26. The maximum absolute atomic E-state index is 13.5. The van der Waals surface area contributed by atoms with Crippen LogP contribution >= 0.6 is 23.2 Å². The van der Waals surface area contributed by atoms with Crippen molar-refractivity contribution in [3.63, 3.8) is 0 Å². The van der Waals surface area contributed by atoms with Crippen LogP contribution in [-0.4, -0.2) is 33.2 Å². The van der Waals surface area contributed by atoms with E-state index in [-0.39, 0.29) is 38.8 Å². The van der Waals surface area contributed by atoms with Crippen molar-refractivity contribution in [1.82, 2.24) is 19.7 Å². The summed E-state index contributed by atoms with van der Waals surface area (Å²) in [6, 6.07) is 5.71. The minimum Gasteiger partial charge on any atom is -0.480 e. The van der Waals surface area contributed by atoms with Gasteiger partial charge in [-0.25, -0.2) is 19.4 Å². The molecule has 0 fully saturated rings. The number of nitrogens with zero attached hydrogens (tertiary/aromatic N) is 4. The number of pyridine rings is 1. The van der Waals surface area contributed by atoms with Crippen molar-refractivity contribution in [3.8, 4) is 34.8 Å². The normalized spacial score (nSPS) is 14.2. The van der Waals surface area contributed by atoms with Crippen LogP contribution < -0.4 is 19.8 Å². The van der Waals surface area contributed by atoms with Crippen molar-refractivity contribution >= 4 is 34.1 Å². The predicted octanol–water partition coefficient (Wildman–Crippen LogP) is 4.07. The first-order valence-corrected chi connectivity index (χ1v) is 9.21. The van der Waals surface area contributed by atoms with Gasteiger partial charge in [0.15, 0.2) is 17.3 Å². The Morgan fingerprint density at radius 3 is 2.74 bits per heavy atom. The van der Waals surface area contributed by atoms with Crippen LogP contribution in [0.15, 0.2) is 39.7 Å². The number of ether oxygens (including phenoxy) is 3. The molecule has 0 saturated carbocycles. The zero-order valence-electron chi connectivity index (χ0n) is 15.2. The maximum atomic E-state index is 13.5. The molecule has 9 nitrogen and oxygen atoms in total. The van der Waals surface area contributed by atoms with Crippen LogP contribution in [-0.2, 0) is 0 Å². The highest BCUT2D eigenvalue weighted by Gasteiger charge is 2.45. The Hall–Kier alpha value is -3.44. The van der Waals surface area contributed by atoms with Gasteiger partial charge in [0.05, 0.1) is 17.2 Å². The van der Waals surface area contributed by atoms with Gasteiger partial charge in [-0.05, 0) is 12.1 Å². The zero-order valence-corrected chi connectivity index (χ0v) is 16.7. The average Bonchev–Trinajstić information content (AvgIpc) is 3.28. The molecule has 0 amide bonds. The zero-order chi connectivity index (χ0) is 21.9. The molecule has 13 heteroatoms. The van der Waals surface area contributed by atoms with Gasteiger partial charge in [-0.3, -0.25) is 0 Å². The lowest BCUT2D eigenvalue weighted by molar-refractivity contribution is -0.286. The molecule has 4 heterocycles. The first kappa shape index (κ1) is 19.5. The molecule has 5 rings (SSSR count). The number of halogens is 4. The van der Waals surface area contributed by atoms with Gasteiger partial charge in [-0.2, -0.15) is 0 Å². The molecule has 31 heavy (non-hydrogen) atoms. The lowest BCUT2D eigenvalue weighted by atomic mass is 10.2. The fraction of sp³-hybridized carbons (Fsp3) is 0.111. The van der Waals surface area contributed by atoms with Crippen molar-refractivity contribution in [2.75, 3.05) is 7.11 Å². The van der Waals surface area contributed by atoms with Crippen LogP contribution in [0.25, 0.3) is 28.3 Å². The summed E-state index contributed by atoms with van der Waals surface area (Å²) in [5, 5.41) is 3.95. The van der Waals surface area contributed by atoms with E-state index in [2.05, 4.69) is 24.5 Å². The van der Waals surface area contributed by atoms with Crippen molar-refractivity contribution < 1.29 is 27.4 Å². The minimum absolute atomic E-state index is 0.127. The van der Waals surface area contributed by atoms with Crippen molar-refractivity contribution in [1.29, 1.82) is 0 Å². The van der Waals surface area contributed by atoms with Gasteiger partial charge in [-0.1, -0.05) is 23.2 Å². The molecule has 0 unspecified atom stereocenters. The summed E-state index contributed by atoms with van der Waals surface area (Å²) in [5.41, 5.74) is -1.01. The summed E-state index contributed by atoms with van der Waals surface area (Å²) < 4.78 is 47.5. The monoisotopic (exact) mass is 468 g/mol. The number of methoxy groups -OCH3 is 1. The van der Waals surface area contributed by atoms with E-state index in [1.807, 2.05) is 0 Å². The standard InChI is InChI=1S/C18H8Cl2F2N4O5/c1-28-11-6-9(26(25-11)15-7(19)3-2-4-23-15)16-24-13-8(20)5-10-14(12(13)17(27)29-16)31-18(21,22)30-10/h2-6H,1H3. The molecule has 0 bridgehead atoms. The van der Waals surface area contributed by atoms with E-state index < -0.39 is 28.8 Å². The molecule has 1 aliphatic heterocycles. The minimum atomic E-state index is -3.95. The Labute approximate surface area is 180 Å². The van der Waals surface area contributed by atoms with Crippen molar-refractivity contribution in [2.24, 2.45) is 0 Å². The van der Waals surface area contributed by atoms with Gasteiger partial charge in [0.1, 0.15) is 16.6 Å². The molecule has 0 radical (unpaired) electrons.